The molecule has 12 rings (SSSR count). The highest BCUT2D eigenvalue weighted by molar-refractivity contribution is 7.26. The van der Waals surface area contributed by atoms with Crippen molar-refractivity contribution in [2.45, 2.75) is 38.5 Å². The van der Waals surface area contributed by atoms with Gasteiger partial charge in [-0.1, -0.05) is 173 Å². The van der Waals surface area contributed by atoms with Gasteiger partial charge < -0.3 is 4.90 Å². The lowest BCUT2D eigenvalue weighted by Gasteiger charge is -2.38. The zero-order chi connectivity index (χ0) is 40.3. The zero-order valence-electron chi connectivity index (χ0n) is 34.3. The summed E-state index contributed by atoms with van der Waals surface area (Å²) in [6.07, 6.45) is 0. The molecule has 2 aliphatic rings. The van der Waals surface area contributed by atoms with Gasteiger partial charge in [0.1, 0.15) is 0 Å². The summed E-state index contributed by atoms with van der Waals surface area (Å²) < 4.78 is 2.66. The van der Waals surface area contributed by atoms with Crippen LogP contribution in [0, 0.1) is 0 Å². The molecule has 2 heteroatoms. The van der Waals surface area contributed by atoms with Crippen LogP contribution < -0.4 is 4.90 Å². The first-order valence-corrected chi connectivity index (χ1v) is 21.9. The van der Waals surface area contributed by atoms with Crippen molar-refractivity contribution in [3.63, 3.8) is 0 Å². The van der Waals surface area contributed by atoms with E-state index in [1.807, 2.05) is 11.3 Å². The van der Waals surface area contributed by atoms with Gasteiger partial charge in [-0.05, 0) is 114 Å². The molecule has 2 aliphatic carbocycles. The van der Waals surface area contributed by atoms with Crippen LogP contribution in [-0.4, -0.2) is 0 Å². The number of hydrogen-bond donors (Lipinski definition) is 0. The highest BCUT2D eigenvalue weighted by atomic mass is 32.1. The van der Waals surface area contributed by atoms with Gasteiger partial charge in [0, 0.05) is 47.9 Å². The van der Waals surface area contributed by atoms with E-state index in [2.05, 4.69) is 221 Å². The second kappa shape index (κ2) is 12.9. The first kappa shape index (κ1) is 35.2. The van der Waals surface area contributed by atoms with Crippen molar-refractivity contribution in [2.24, 2.45) is 0 Å². The quantitative estimate of drug-likeness (QED) is 0.168. The van der Waals surface area contributed by atoms with Crippen molar-refractivity contribution in [1.29, 1.82) is 0 Å². The number of anilines is 3. The molecule has 1 nitrogen and oxygen atoms in total. The third-order valence-corrected chi connectivity index (χ3v) is 14.9. The van der Waals surface area contributed by atoms with Gasteiger partial charge in [-0.3, -0.25) is 0 Å². The Hall–Kier alpha value is -6.74. The number of hydrogen-bond acceptors (Lipinski definition) is 2. The minimum atomic E-state index is -0.200. The summed E-state index contributed by atoms with van der Waals surface area (Å²) in [5.41, 5.74) is 18.9. The fraction of sp³-hybridized carbons (Fsp3) is 0.103. The van der Waals surface area contributed by atoms with Gasteiger partial charge in [-0.2, -0.15) is 0 Å². The summed E-state index contributed by atoms with van der Waals surface area (Å²) in [4.78, 5) is 2.53. The lowest BCUT2D eigenvalue weighted by Crippen LogP contribution is -2.25. The van der Waals surface area contributed by atoms with E-state index in [-0.39, 0.29) is 10.8 Å². The van der Waals surface area contributed by atoms with Crippen molar-refractivity contribution < 1.29 is 0 Å². The molecule has 10 aromatic rings. The van der Waals surface area contributed by atoms with Crippen molar-refractivity contribution in [2.75, 3.05) is 4.90 Å². The van der Waals surface area contributed by atoms with E-state index in [9.17, 15) is 0 Å². The molecule has 286 valence electrons. The fourth-order valence-electron chi connectivity index (χ4n) is 10.6. The van der Waals surface area contributed by atoms with E-state index < -0.39 is 0 Å². The molecular formula is C58H43NS. The molecule has 1 heterocycles. The Labute approximate surface area is 355 Å². The van der Waals surface area contributed by atoms with Gasteiger partial charge in [0.2, 0.25) is 0 Å². The molecule has 1 aromatic heterocycles. The molecule has 0 radical (unpaired) electrons. The Morgan fingerprint density at radius 2 is 1.03 bits per heavy atom. The second-order valence-corrected chi connectivity index (χ2v) is 18.7. The van der Waals surface area contributed by atoms with Gasteiger partial charge in [-0.15, -0.1) is 11.3 Å². The van der Waals surface area contributed by atoms with Crippen molar-refractivity contribution in [3.8, 4) is 44.5 Å². The summed E-state index contributed by atoms with van der Waals surface area (Å²) in [5.74, 6) is 0. The predicted octanol–water partition coefficient (Wildman–Crippen LogP) is 16.6. The summed E-state index contributed by atoms with van der Waals surface area (Å²) >= 11 is 1.89. The number of fused-ring (bicyclic) bond motifs is 8. The smallest absolute Gasteiger partial charge is 0.0546 e. The molecule has 0 fully saturated rings. The normalized spacial score (nSPS) is 14.3. The predicted molar refractivity (Wildman–Crippen MR) is 258 cm³/mol. The maximum absolute atomic E-state index is 2.53. The number of nitrogens with zero attached hydrogens (tertiary/aromatic N) is 1. The van der Waals surface area contributed by atoms with E-state index >= 15 is 0 Å². The van der Waals surface area contributed by atoms with Crippen LogP contribution in [0.15, 0.2) is 188 Å². The first-order valence-electron chi connectivity index (χ1n) is 21.1. The number of rotatable bonds is 5. The molecule has 0 saturated heterocycles. The summed E-state index contributed by atoms with van der Waals surface area (Å²) in [5, 5.41) is 5.26. The van der Waals surface area contributed by atoms with Crippen LogP contribution >= 0.6 is 11.3 Å². The monoisotopic (exact) mass is 785 g/mol. The molecule has 0 N–H and O–H groups in total. The van der Waals surface area contributed by atoms with Gasteiger partial charge in [0.05, 0.1) is 5.69 Å². The minimum absolute atomic E-state index is 0.129. The molecule has 0 saturated carbocycles. The molecule has 0 amide bonds. The van der Waals surface area contributed by atoms with E-state index in [0.29, 0.717) is 0 Å². The molecule has 0 atom stereocenters. The molecule has 0 aliphatic heterocycles. The average molecular weight is 786 g/mol. The number of thiophene rings is 1. The molecular weight excluding hydrogens is 743 g/mol. The average Bonchev–Trinajstić information content (AvgIpc) is 3.78. The highest BCUT2D eigenvalue weighted by Crippen LogP contribution is 2.56. The summed E-state index contributed by atoms with van der Waals surface area (Å²) in [7, 11) is 0. The maximum Gasteiger partial charge on any atom is 0.0546 e. The third kappa shape index (κ3) is 5.04. The Morgan fingerprint density at radius 3 is 1.90 bits per heavy atom. The highest BCUT2D eigenvalue weighted by Gasteiger charge is 2.38. The summed E-state index contributed by atoms with van der Waals surface area (Å²) in [6, 6.07) is 70.6. The Morgan fingerprint density at radius 1 is 0.400 bits per heavy atom. The van der Waals surface area contributed by atoms with Crippen LogP contribution in [0.4, 0.5) is 17.1 Å². The van der Waals surface area contributed by atoms with Gasteiger partial charge in [-0.25, -0.2) is 0 Å². The van der Waals surface area contributed by atoms with E-state index in [1.165, 1.54) is 103 Å². The molecule has 0 spiro atoms. The fourth-order valence-corrected chi connectivity index (χ4v) is 11.8. The lowest BCUT2D eigenvalue weighted by molar-refractivity contribution is 0.645. The minimum Gasteiger partial charge on any atom is -0.310 e. The standard InChI is InChI=1S/C58H43NS/c1-57(2)48-21-10-8-17-43(48)44-32-30-41(35-51(44)57)59(40-28-24-37(25-29-40)42-19-13-20-46-45-18-9-11-23-53(45)60-56(42)46)52-33-27-38-16-12-22-49-54(38)55(52)47-31-26-39(34-50(47)58(49,3)4)36-14-6-5-7-15-36/h5-35H,1-4H3. The largest absolute Gasteiger partial charge is 0.310 e. The van der Waals surface area contributed by atoms with Crippen molar-refractivity contribution in [3.05, 3.63) is 210 Å². The van der Waals surface area contributed by atoms with E-state index in [1.54, 1.807) is 0 Å². The van der Waals surface area contributed by atoms with Gasteiger partial charge in [0.25, 0.3) is 0 Å². The van der Waals surface area contributed by atoms with Gasteiger partial charge >= 0.3 is 0 Å². The Balaban J connectivity index is 1.10. The van der Waals surface area contributed by atoms with E-state index in [0.717, 1.165) is 11.4 Å². The van der Waals surface area contributed by atoms with Crippen LogP contribution in [0.2, 0.25) is 0 Å². The topological polar surface area (TPSA) is 3.24 Å². The molecule has 0 bridgehead atoms. The number of benzene rings is 9. The lowest BCUT2D eigenvalue weighted by atomic mass is 9.67. The maximum atomic E-state index is 2.53. The van der Waals surface area contributed by atoms with Crippen molar-refractivity contribution >= 4 is 59.3 Å². The summed E-state index contributed by atoms with van der Waals surface area (Å²) in [6.45, 7) is 9.56. The third-order valence-electron chi connectivity index (χ3n) is 13.7. The molecule has 9 aromatic carbocycles. The first-order chi connectivity index (χ1) is 29.3. The Bertz CT molecular complexity index is 3370. The van der Waals surface area contributed by atoms with Crippen LogP contribution in [0.5, 0.6) is 0 Å². The Kier molecular flexibility index (Phi) is 7.56. The van der Waals surface area contributed by atoms with Crippen LogP contribution in [0.1, 0.15) is 49.9 Å². The SMILES string of the molecule is CC1(C)c2ccccc2-c2ccc(N(c3ccc(-c4cccc5c4sc4ccccc45)cc3)c3ccc4cccc5c4c3-c3ccc(-c4ccccc4)cc3C5(C)C)cc21. The van der Waals surface area contributed by atoms with Crippen molar-refractivity contribution in [1.82, 2.24) is 0 Å². The van der Waals surface area contributed by atoms with Crippen LogP contribution in [0.3, 0.4) is 0 Å². The van der Waals surface area contributed by atoms with E-state index in [4.69, 9.17) is 0 Å². The van der Waals surface area contributed by atoms with Gasteiger partial charge in [0.15, 0.2) is 0 Å². The van der Waals surface area contributed by atoms with Crippen LogP contribution in [-0.2, 0) is 10.8 Å². The second-order valence-electron chi connectivity index (χ2n) is 17.7. The molecule has 60 heavy (non-hydrogen) atoms. The molecule has 0 unspecified atom stereocenters. The van der Waals surface area contributed by atoms with Crippen LogP contribution in [0.25, 0.3) is 75.5 Å². The zero-order valence-corrected chi connectivity index (χ0v) is 35.1.